The van der Waals surface area contributed by atoms with Crippen LogP contribution in [-0.4, -0.2) is 60.7 Å². The number of hydrogen-bond donors (Lipinski definition) is 1. The van der Waals surface area contributed by atoms with Crippen molar-refractivity contribution in [2.24, 2.45) is 0 Å². The highest BCUT2D eigenvalue weighted by Gasteiger charge is 2.40. The Balaban J connectivity index is 1.53. The van der Waals surface area contributed by atoms with Crippen molar-refractivity contribution in [1.29, 1.82) is 0 Å². The minimum absolute atomic E-state index is 0.0705. The van der Waals surface area contributed by atoms with Crippen LogP contribution < -0.4 is 10.2 Å². The summed E-state index contributed by atoms with van der Waals surface area (Å²) < 4.78 is 0. The number of carbonyl (C=O) groups is 3. The maximum absolute atomic E-state index is 13.1. The predicted octanol–water partition coefficient (Wildman–Crippen LogP) is 4.60. The fraction of sp³-hybridized carbons (Fsp3) is 0.292. The highest BCUT2D eigenvalue weighted by molar-refractivity contribution is 6.54. The number of rotatable bonds is 5. The van der Waals surface area contributed by atoms with Gasteiger partial charge in [0.1, 0.15) is 10.7 Å². The first-order valence-electron chi connectivity index (χ1n) is 10.7. The normalized spacial score (nSPS) is 17.5. The molecule has 34 heavy (non-hydrogen) atoms. The Hall–Kier alpha value is -2.58. The van der Waals surface area contributed by atoms with Crippen molar-refractivity contribution in [3.05, 3.63) is 68.8 Å². The number of nitrogens with one attached hydrogen (secondary N) is 1. The molecule has 0 radical (unpaired) electrons. The molecule has 0 aliphatic carbocycles. The van der Waals surface area contributed by atoms with Gasteiger partial charge in [-0.15, -0.1) is 0 Å². The van der Waals surface area contributed by atoms with E-state index in [1.54, 1.807) is 41.3 Å². The van der Waals surface area contributed by atoms with E-state index in [1.807, 2.05) is 7.05 Å². The van der Waals surface area contributed by atoms with E-state index in [1.165, 1.54) is 6.07 Å². The quantitative estimate of drug-likeness (QED) is 0.583. The Morgan fingerprint density at radius 1 is 1.03 bits per heavy atom. The molecule has 2 heterocycles. The van der Waals surface area contributed by atoms with E-state index < -0.39 is 11.8 Å². The molecule has 1 fully saturated rings. The molecule has 0 bridgehead atoms. The molecule has 1 N–H and O–H groups in total. The molecule has 178 valence electrons. The molecular weight excluding hydrogens is 499 g/mol. The number of benzene rings is 2. The average molecular weight is 522 g/mol. The number of amides is 3. The second-order valence-electron chi connectivity index (χ2n) is 8.36. The fourth-order valence-corrected chi connectivity index (χ4v) is 4.71. The van der Waals surface area contributed by atoms with Crippen LogP contribution in [0.1, 0.15) is 23.2 Å². The summed E-state index contributed by atoms with van der Waals surface area (Å²) in [6.07, 6.45) is 1.83. The molecule has 2 aliphatic heterocycles. The summed E-state index contributed by atoms with van der Waals surface area (Å²) in [7, 11) is 3.88. The Kier molecular flexibility index (Phi) is 7.19. The van der Waals surface area contributed by atoms with E-state index in [0.29, 0.717) is 11.3 Å². The first-order chi connectivity index (χ1) is 16.2. The van der Waals surface area contributed by atoms with Gasteiger partial charge < -0.3 is 15.1 Å². The lowest BCUT2D eigenvalue weighted by Crippen LogP contribution is -2.44. The van der Waals surface area contributed by atoms with Crippen LogP contribution in [0, 0.1) is 0 Å². The molecule has 1 saturated heterocycles. The molecule has 0 atom stereocenters. The van der Waals surface area contributed by atoms with Gasteiger partial charge >= 0.3 is 0 Å². The zero-order valence-corrected chi connectivity index (χ0v) is 20.9. The van der Waals surface area contributed by atoms with Crippen molar-refractivity contribution in [1.82, 2.24) is 9.80 Å². The van der Waals surface area contributed by atoms with E-state index in [0.717, 1.165) is 30.8 Å². The van der Waals surface area contributed by atoms with Gasteiger partial charge in [-0.2, -0.15) is 0 Å². The number of hydrogen-bond acceptors (Lipinski definition) is 5. The monoisotopic (exact) mass is 520 g/mol. The van der Waals surface area contributed by atoms with Gasteiger partial charge in [0, 0.05) is 24.3 Å². The minimum Gasteiger partial charge on any atom is -0.350 e. The third-order valence-corrected chi connectivity index (χ3v) is 7.29. The van der Waals surface area contributed by atoms with Crippen molar-refractivity contribution in [3.63, 3.8) is 0 Å². The van der Waals surface area contributed by atoms with Gasteiger partial charge in [0.15, 0.2) is 0 Å². The second-order valence-corrected chi connectivity index (χ2v) is 9.53. The molecular formula is C24H23Cl3N4O3. The van der Waals surface area contributed by atoms with Crippen LogP contribution >= 0.6 is 34.8 Å². The van der Waals surface area contributed by atoms with Gasteiger partial charge in [0.2, 0.25) is 0 Å². The minimum atomic E-state index is -0.715. The largest absolute Gasteiger partial charge is 0.350 e. The number of likely N-dealkylation sites (tertiary alicyclic amines) is 1. The van der Waals surface area contributed by atoms with E-state index in [4.69, 9.17) is 34.8 Å². The first kappa shape index (κ1) is 24.5. The second kappa shape index (κ2) is 9.96. The number of imide groups is 1. The summed E-state index contributed by atoms with van der Waals surface area (Å²) in [5, 5.41) is 2.91. The van der Waals surface area contributed by atoms with E-state index in [2.05, 4.69) is 17.3 Å². The highest BCUT2D eigenvalue weighted by Crippen LogP contribution is 2.37. The van der Waals surface area contributed by atoms with Gasteiger partial charge in [0.25, 0.3) is 17.7 Å². The van der Waals surface area contributed by atoms with E-state index in [9.17, 15) is 14.4 Å². The lowest BCUT2D eigenvalue weighted by Gasteiger charge is -2.35. The Bertz CT molecular complexity index is 1190. The number of anilines is 2. The molecule has 0 aromatic heterocycles. The SMILES string of the molecule is CN1CCC(N(C)C(=O)c2cccc(NC3=C(Cl)C(=O)N(c4cccc(Cl)c4Cl)C3=O)c2)CC1. The fourth-order valence-electron chi connectivity index (χ4n) is 4.12. The van der Waals surface area contributed by atoms with Crippen LogP contribution in [0.2, 0.25) is 10.0 Å². The molecule has 2 aliphatic rings. The lowest BCUT2D eigenvalue weighted by molar-refractivity contribution is -0.120. The number of piperidine rings is 1. The molecule has 0 saturated carbocycles. The predicted molar refractivity (Wildman–Crippen MR) is 135 cm³/mol. The molecule has 2 aromatic carbocycles. The van der Waals surface area contributed by atoms with E-state index in [-0.39, 0.29) is 38.4 Å². The Labute approximate surface area is 212 Å². The molecule has 7 nitrogen and oxygen atoms in total. The summed E-state index contributed by atoms with van der Waals surface area (Å²) >= 11 is 18.5. The van der Waals surface area contributed by atoms with E-state index >= 15 is 0 Å². The topological polar surface area (TPSA) is 73.0 Å². The molecule has 3 amide bonds. The van der Waals surface area contributed by atoms with Gasteiger partial charge in [-0.25, -0.2) is 4.90 Å². The lowest BCUT2D eigenvalue weighted by atomic mass is 10.0. The van der Waals surface area contributed by atoms with Crippen LogP contribution in [-0.2, 0) is 9.59 Å². The summed E-state index contributed by atoms with van der Waals surface area (Å²) in [6.45, 7) is 1.89. The van der Waals surface area contributed by atoms with Crippen LogP contribution in [0.15, 0.2) is 53.2 Å². The van der Waals surface area contributed by atoms with Crippen LogP contribution in [0.5, 0.6) is 0 Å². The zero-order chi connectivity index (χ0) is 24.6. The van der Waals surface area contributed by atoms with Gasteiger partial charge in [-0.1, -0.05) is 46.9 Å². The van der Waals surface area contributed by atoms with Crippen molar-refractivity contribution < 1.29 is 14.4 Å². The van der Waals surface area contributed by atoms with Crippen LogP contribution in [0.4, 0.5) is 11.4 Å². The third kappa shape index (κ3) is 4.66. The average Bonchev–Trinajstić information content (AvgIpc) is 3.04. The van der Waals surface area contributed by atoms with Crippen molar-refractivity contribution in [2.45, 2.75) is 18.9 Å². The number of nitrogens with zero attached hydrogens (tertiary/aromatic N) is 3. The number of halogens is 3. The molecule has 4 rings (SSSR count). The molecule has 10 heteroatoms. The Morgan fingerprint density at radius 2 is 1.71 bits per heavy atom. The van der Waals surface area contributed by atoms with Crippen LogP contribution in [0.25, 0.3) is 0 Å². The third-order valence-electron chi connectivity index (χ3n) is 6.13. The standard InChI is InChI=1S/C24H23Cl3N4O3/c1-29-11-9-16(10-12-29)30(2)22(32)14-5-3-6-15(13-14)28-21-20(27)23(33)31(24(21)34)18-8-4-7-17(25)19(18)26/h3-8,13,16,28H,9-12H2,1-2H3. The summed E-state index contributed by atoms with van der Waals surface area (Å²) in [6, 6.07) is 11.6. The molecule has 0 unspecified atom stereocenters. The Morgan fingerprint density at radius 3 is 2.41 bits per heavy atom. The van der Waals surface area contributed by atoms with Gasteiger partial charge in [-0.05, 0) is 63.3 Å². The molecule has 2 aromatic rings. The molecule has 0 spiro atoms. The van der Waals surface area contributed by atoms with Gasteiger partial charge in [-0.3, -0.25) is 14.4 Å². The number of carbonyl (C=O) groups excluding carboxylic acids is 3. The van der Waals surface area contributed by atoms with Crippen molar-refractivity contribution in [2.75, 3.05) is 37.4 Å². The van der Waals surface area contributed by atoms with Crippen molar-refractivity contribution >= 4 is 63.9 Å². The zero-order valence-electron chi connectivity index (χ0n) is 18.6. The van der Waals surface area contributed by atoms with Gasteiger partial charge in [0.05, 0.1) is 15.7 Å². The first-order valence-corrected chi connectivity index (χ1v) is 11.9. The van der Waals surface area contributed by atoms with Crippen molar-refractivity contribution in [3.8, 4) is 0 Å². The van der Waals surface area contributed by atoms with Crippen LogP contribution in [0.3, 0.4) is 0 Å². The maximum atomic E-state index is 13.1. The summed E-state index contributed by atoms with van der Waals surface area (Å²) in [5.41, 5.74) is 0.962. The maximum Gasteiger partial charge on any atom is 0.283 e. The smallest absolute Gasteiger partial charge is 0.283 e. The summed E-state index contributed by atoms with van der Waals surface area (Å²) in [4.78, 5) is 43.8. The highest BCUT2D eigenvalue weighted by atomic mass is 35.5. The summed E-state index contributed by atoms with van der Waals surface area (Å²) in [5.74, 6) is -1.49.